The molecular weight excluding hydrogens is 581 g/mol. The Morgan fingerprint density at radius 2 is 1.53 bits per heavy atom. The number of hydrogen-bond donors (Lipinski definition) is 0. The third-order valence-electron chi connectivity index (χ3n) is 5.86. The SMILES string of the molecule is Cc1nn(-c2ccc(Cl)c(Cl)c2)c2nc(-c3ccc(OCc4c(Cl)cccc4Cl)cc3)cc(C(F)(F)F)c12. The standard InChI is InChI=1S/C27H16Cl4F3N3O/c1-14-25-19(27(32,33)34)12-24(35-26(25)37(36-14)16-7-10-22(30)23(31)11-16)15-5-8-17(9-6-15)38-13-18-20(28)3-2-4-21(18)29/h2-12H,13H2,1H3. The minimum Gasteiger partial charge on any atom is -0.489 e. The average Bonchev–Trinajstić information content (AvgIpc) is 3.21. The first-order valence-corrected chi connectivity index (χ1v) is 12.6. The molecule has 0 saturated carbocycles. The van der Waals surface area contributed by atoms with E-state index >= 15 is 0 Å². The van der Waals surface area contributed by atoms with Crippen LogP contribution in [0.2, 0.25) is 20.1 Å². The lowest BCUT2D eigenvalue weighted by atomic mass is 10.0. The van der Waals surface area contributed by atoms with Crippen LogP contribution in [-0.4, -0.2) is 14.8 Å². The summed E-state index contributed by atoms with van der Waals surface area (Å²) in [6, 6.07) is 17.4. The van der Waals surface area contributed by atoms with Crippen molar-refractivity contribution >= 4 is 57.4 Å². The zero-order chi connectivity index (χ0) is 27.2. The van der Waals surface area contributed by atoms with Crippen molar-refractivity contribution in [2.24, 2.45) is 0 Å². The fraction of sp³-hybridized carbons (Fsp3) is 0.111. The van der Waals surface area contributed by atoms with Crippen molar-refractivity contribution in [1.82, 2.24) is 14.8 Å². The molecule has 0 aliphatic heterocycles. The van der Waals surface area contributed by atoms with Gasteiger partial charge in [-0.3, -0.25) is 0 Å². The van der Waals surface area contributed by atoms with Crippen molar-refractivity contribution in [2.45, 2.75) is 19.7 Å². The highest BCUT2D eigenvalue weighted by Crippen LogP contribution is 2.39. The molecule has 11 heteroatoms. The Balaban J connectivity index is 1.55. The lowest BCUT2D eigenvalue weighted by Gasteiger charge is -2.13. The normalized spacial score (nSPS) is 11.8. The molecule has 0 aliphatic carbocycles. The number of nitrogens with zero attached hydrogens (tertiary/aromatic N) is 3. The second-order valence-corrected chi connectivity index (χ2v) is 9.99. The lowest BCUT2D eigenvalue weighted by molar-refractivity contribution is -0.136. The van der Waals surface area contributed by atoms with Gasteiger partial charge in [0.1, 0.15) is 12.4 Å². The summed E-state index contributed by atoms with van der Waals surface area (Å²) in [6.45, 7) is 1.63. The molecule has 0 fully saturated rings. The summed E-state index contributed by atoms with van der Waals surface area (Å²) in [5.74, 6) is 0.485. The number of aromatic nitrogens is 3. The fourth-order valence-corrected chi connectivity index (χ4v) is 4.80. The molecule has 0 spiro atoms. The van der Waals surface area contributed by atoms with Gasteiger partial charge in [-0.2, -0.15) is 18.3 Å². The number of halogens is 7. The van der Waals surface area contributed by atoms with E-state index in [0.29, 0.717) is 37.6 Å². The van der Waals surface area contributed by atoms with Crippen molar-refractivity contribution in [1.29, 1.82) is 0 Å². The summed E-state index contributed by atoms with van der Waals surface area (Å²) in [4.78, 5) is 4.56. The van der Waals surface area contributed by atoms with Crippen LogP contribution in [0, 0.1) is 6.92 Å². The molecule has 2 heterocycles. The lowest BCUT2D eigenvalue weighted by Crippen LogP contribution is -2.08. The van der Waals surface area contributed by atoms with E-state index in [1.807, 2.05) is 0 Å². The van der Waals surface area contributed by atoms with Gasteiger partial charge < -0.3 is 4.74 Å². The van der Waals surface area contributed by atoms with Crippen LogP contribution < -0.4 is 4.74 Å². The first-order valence-electron chi connectivity index (χ1n) is 11.1. The summed E-state index contributed by atoms with van der Waals surface area (Å²) >= 11 is 24.5. The van der Waals surface area contributed by atoms with Gasteiger partial charge in [0.25, 0.3) is 0 Å². The van der Waals surface area contributed by atoms with E-state index in [4.69, 9.17) is 51.1 Å². The number of ether oxygens (including phenoxy) is 1. The molecule has 38 heavy (non-hydrogen) atoms. The molecule has 0 N–H and O–H groups in total. The summed E-state index contributed by atoms with van der Waals surface area (Å²) in [5, 5.41) is 5.74. The molecule has 0 atom stereocenters. The molecule has 0 amide bonds. The number of alkyl halides is 3. The van der Waals surface area contributed by atoms with Crippen LogP contribution in [0.15, 0.2) is 66.7 Å². The van der Waals surface area contributed by atoms with Gasteiger partial charge in [0.2, 0.25) is 0 Å². The first-order chi connectivity index (χ1) is 18.0. The monoisotopic (exact) mass is 595 g/mol. The Hall–Kier alpha value is -2.97. The Morgan fingerprint density at radius 3 is 2.16 bits per heavy atom. The molecule has 0 bridgehead atoms. The molecule has 5 rings (SSSR count). The molecule has 4 nitrogen and oxygen atoms in total. The average molecular weight is 597 g/mol. The van der Waals surface area contributed by atoms with Crippen molar-refractivity contribution in [3.8, 4) is 22.7 Å². The second kappa shape index (κ2) is 10.3. The number of aryl methyl sites for hydroxylation is 1. The molecule has 0 unspecified atom stereocenters. The third kappa shape index (κ3) is 5.16. The Bertz CT molecular complexity index is 1650. The maximum absolute atomic E-state index is 14.2. The van der Waals surface area contributed by atoms with E-state index in [9.17, 15) is 13.2 Å². The number of rotatable bonds is 5. The quantitative estimate of drug-likeness (QED) is 0.203. The summed E-state index contributed by atoms with van der Waals surface area (Å²) in [5.41, 5.74) is 1.02. The van der Waals surface area contributed by atoms with E-state index < -0.39 is 11.7 Å². The third-order valence-corrected chi connectivity index (χ3v) is 7.31. The molecule has 3 aromatic carbocycles. The number of benzene rings is 3. The predicted octanol–water partition coefficient (Wildman–Crippen LogP) is 9.61. The largest absolute Gasteiger partial charge is 0.489 e. The van der Waals surface area contributed by atoms with E-state index in [2.05, 4.69) is 10.1 Å². The van der Waals surface area contributed by atoms with Gasteiger partial charge in [0, 0.05) is 21.2 Å². The van der Waals surface area contributed by atoms with Crippen molar-refractivity contribution in [3.63, 3.8) is 0 Å². The van der Waals surface area contributed by atoms with E-state index in [1.54, 1.807) is 54.6 Å². The Labute approximate surface area is 235 Å². The van der Waals surface area contributed by atoms with Crippen molar-refractivity contribution in [2.75, 3.05) is 0 Å². The van der Waals surface area contributed by atoms with Crippen LogP contribution in [0.3, 0.4) is 0 Å². The first kappa shape index (κ1) is 26.6. The van der Waals surface area contributed by atoms with Gasteiger partial charge in [0.05, 0.1) is 38.1 Å². The van der Waals surface area contributed by atoms with Crippen LogP contribution in [0.25, 0.3) is 28.0 Å². The van der Waals surface area contributed by atoms with Gasteiger partial charge in [-0.05, 0) is 67.6 Å². The number of fused-ring (bicyclic) bond motifs is 1. The summed E-state index contributed by atoms with van der Waals surface area (Å²) < 4.78 is 49.6. The smallest absolute Gasteiger partial charge is 0.417 e. The van der Waals surface area contributed by atoms with E-state index in [-0.39, 0.29) is 34.1 Å². The highest BCUT2D eigenvalue weighted by molar-refractivity contribution is 6.42. The van der Waals surface area contributed by atoms with E-state index in [0.717, 1.165) is 6.07 Å². The zero-order valence-corrected chi connectivity index (χ0v) is 22.5. The molecule has 0 radical (unpaired) electrons. The molecular formula is C27H16Cl4F3N3O. The van der Waals surface area contributed by atoms with E-state index in [1.165, 1.54) is 17.7 Å². The molecule has 0 saturated heterocycles. The molecule has 5 aromatic rings. The Morgan fingerprint density at radius 1 is 0.842 bits per heavy atom. The maximum atomic E-state index is 14.2. The summed E-state index contributed by atoms with van der Waals surface area (Å²) in [6.07, 6.45) is -4.64. The zero-order valence-electron chi connectivity index (χ0n) is 19.5. The fourth-order valence-electron chi connectivity index (χ4n) is 4.00. The van der Waals surface area contributed by atoms with Gasteiger partial charge in [-0.25, -0.2) is 9.67 Å². The van der Waals surface area contributed by atoms with Crippen LogP contribution in [-0.2, 0) is 12.8 Å². The molecule has 194 valence electrons. The predicted molar refractivity (Wildman–Crippen MR) is 145 cm³/mol. The highest BCUT2D eigenvalue weighted by atomic mass is 35.5. The van der Waals surface area contributed by atoms with Gasteiger partial charge in [0.15, 0.2) is 5.65 Å². The van der Waals surface area contributed by atoms with Crippen LogP contribution in [0.1, 0.15) is 16.8 Å². The van der Waals surface area contributed by atoms with Gasteiger partial charge >= 0.3 is 6.18 Å². The van der Waals surface area contributed by atoms with Crippen molar-refractivity contribution in [3.05, 3.63) is 104 Å². The maximum Gasteiger partial charge on any atom is 0.417 e. The minimum absolute atomic E-state index is 0.0411. The topological polar surface area (TPSA) is 39.9 Å². The Kier molecular flexibility index (Phi) is 7.22. The van der Waals surface area contributed by atoms with Crippen LogP contribution >= 0.6 is 46.4 Å². The summed E-state index contributed by atoms with van der Waals surface area (Å²) in [7, 11) is 0. The van der Waals surface area contributed by atoms with Gasteiger partial charge in [-0.1, -0.05) is 52.5 Å². The molecule has 2 aromatic heterocycles. The number of pyridine rings is 1. The minimum atomic E-state index is -4.64. The second-order valence-electron chi connectivity index (χ2n) is 8.36. The van der Waals surface area contributed by atoms with Crippen molar-refractivity contribution < 1.29 is 17.9 Å². The number of hydrogen-bond acceptors (Lipinski definition) is 3. The van der Waals surface area contributed by atoms with Crippen LogP contribution in [0.5, 0.6) is 5.75 Å². The van der Waals surface area contributed by atoms with Gasteiger partial charge in [-0.15, -0.1) is 0 Å². The molecule has 0 aliphatic rings. The van der Waals surface area contributed by atoms with Crippen LogP contribution in [0.4, 0.5) is 13.2 Å². The highest BCUT2D eigenvalue weighted by Gasteiger charge is 2.36.